The average Bonchev–Trinajstić information content (AvgIpc) is 2.80. The lowest BCUT2D eigenvalue weighted by molar-refractivity contribution is -0.139. The third-order valence-corrected chi connectivity index (χ3v) is 6.45. The van der Waals surface area contributed by atoms with Gasteiger partial charge in [0.2, 0.25) is 5.91 Å². The van der Waals surface area contributed by atoms with Crippen molar-refractivity contribution in [2.24, 2.45) is 0 Å². The van der Waals surface area contributed by atoms with E-state index in [2.05, 4.69) is 33.6 Å². The Hall–Kier alpha value is -2.38. The molecule has 1 aromatic carbocycles. The normalized spacial score (nSPS) is 20.4. The van der Waals surface area contributed by atoms with Gasteiger partial charge in [0.25, 0.3) is 0 Å². The first-order valence-electron chi connectivity index (χ1n) is 11.7. The molecule has 1 saturated heterocycles. The molecule has 1 unspecified atom stereocenters. The van der Waals surface area contributed by atoms with Crippen LogP contribution in [0.1, 0.15) is 57.7 Å². The van der Waals surface area contributed by atoms with E-state index in [1.54, 1.807) is 30.6 Å². The fraction of sp³-hybridized carbons (Fsp3) is 0.560. The smallest absolute Gasteiger partial charge is 0.237 e. The molecule has 2 heterocycles. The molecule has 2 aromatic rings. The van der Waals surface area contributed by atoms with Gasteiger partial charge in [0, 0.05) is 30.7 Å². The summed E-state index contributed by atoms with van der Waals surface area (Å²) < 4.78 is 20.2. The molecule has 32 heavy (non-hydrogen) atoms. The third-order valence-electron chi connectivity index (χ3n) is 6.45. The van der Waals surface area contributed by atoms with Gasteiger partial charge in [-0.05, 0) is 38.8 Å². The minimum Gasteiger partial charge on any atom is -0.369 e. The second kappa shape index (κ2) is 10.5. The quantitative estimate of drug-likeness (QED) is 0.673. The zero-order valence-corrected chi connectivity index (χ0v) is 19.0. The Labute approximate surface area is 189 Å². The first-order chi connectivity index (χ1) is 15.5. The van der Waals surface area contributed by atoms with Crippen LogP contribution in [0.5, 0.6) is 0 Å². The summed E-state index contributed by atoms with van der Waals surface area (Å²) in [6.45, 7) is 6.40. The second-order valence-electron chi connectivity index (χ2n) is 9.09. The minimum atomic E-state index is -0.327. The Morgan fingerprint density at radius 2 is 2.00 bits per heavy atom. The average molecular weight is 441 g/mol. The molecular weight excluding hydrogens is 407 g/mol. The van der Waals surface area contributed by atoms with E-state index in [-0.39, 0.29) is 23.9 Å². The van der Waals surface area contributed by atoms with Crippen LogP contribution in [-0.2, 0) is 9.53 Å². The van der Waals surface area contributed by atoms with Crippen molar-refractivity contribution in [1.29, 1.82) is 0 Å². The van der Waals surface area contributed by atoms with Crippen LogP contribution < -0.4 is 0 Å². The summed E-state index contributed by atoms with van der Waals surface area (Å²) in [4.78, 5) is 26.4. The second-order valence-corrected chi connectivity index (χ2v) is 9.09. The molecule has 1 aliphatic heterocycles. The van der Waals surface area contributed by atoms with Crippen LogP contribution in [0.25, 0.3) is 11.3 Å². The standard InChI is InChI=1S/C25H33FN4O2/c1-18(2)30(19-8-4-3-5-9-19)25(31)17-29-12-13-32-24(16-29)23-15-27-14-22(28-23)20-10-6-7-11-21(20)26/h6-7,10-11,14-15,18-19,24H,3-5,8-9,12-13,16-17H2,1-2H3. The molecule has 1 amide bonds. The predicted molar refractivity (Wildman–Crippen MR) is 121 cm³/mol. The number of ether oxygens (including phenoxy) is 1. The Balaban J connectivity index is 1.44. The van der Waals surface area contributed by atoms with Crippen molar-refractivity contribution in [3.05, 3.63) is 48.2 Å². The molecule has 6 nitrogen and oxygen atoms in total. The Morgan fingerprint density at radius 3 is 2.75 bits per heavy atom. The Morgan fingerprint density at radius 1 is 1.22 bits per heavy atom. The predicted octanol–water partition coefficient (Wildman–Crippen LogP) is 4.23. The number of halogens is 1. The summed E-state index contributed by atoms with van der Waals surface area (Å²) >= 11 is 0. The molecule has 1 aliphatic carbocycles. The lowest BCUT2D eigenvalue weighted by Gasteiger charge is -2.39. The number of aromatic nitrogens is 2. The largest absolute Gasteiger partial charge is 0.369 e. The fourth-order valence-electron chi connectivity index (χ4n) is 4.91. The van der Waals surface area contributed by atoms with Crippen molar-refractivity contribution in [1.82, 2.24) is 19.8 Å². The van der Waals surface area contributed by atoms with E-state index in [4.69, 9.17) is 4.74 Å². The van der Waals surface area contributed by atoms with Crippen LogP contribution in [0.2, 0.25) is 0 Å². The van der Waals surface area contributed by atoms with Gasteiger partial charge in [-0.1, -0.05) is 31.4 Å². The number of hydrogen-bond acceptors (Lipinski definition) is 5. The van der Waals surface area contributed by atoms with Gasteiger partial charge in [-0.25, -0.2) is 9.37 Å². The van der Waals surface area contributed by atoms with Crippen molar-refractivity contribution < 1.29 is 13.9 Å². The molecule has 7 heteroatoms. The summed E-state index contributed by atoms with van der Waals surface area (Å²) in [5, 5.41) is 0. The van der Waals surface area contributed by atoms with E-state index in [1.807, 2.05) is 0 Å². The molecule has 4 rings (SSSR count). The van der Waals surface area contributed by atoms with Gasteiger partial charge >= 0.3 is 0 Å². The highest BCUT2D eigenvalue weighted by atomic mass is 19.1. The van der Waals surface area contributed by atoms with E-state index in [9.17, 15) is 9.18 Å². The van der Waals surface area contributed by atoms with Gasteiger partial charge < -0.3 is 9.64 Å². The van der Waals surface area contributed by atoms with Crippen LogP contribution >= 0.6 is 0 Å². The maximum atomic E-state index is 14.2. The molecular formula is C25H33FN4O2. The highest BCUT2D eigenvalue weighted by Gasteiger charge is 2.31. The van der Waals surface area contributed by atoms with Crippen LogP contribution in [-0.4, -0.2) is 64.0 Å². The summed E-state index contributed by atoms with van der Waals surface area (Å²) in [6.07, 6.45) is 8.84. The van der Waals surface area contributed by atoms with Crippen molar-refractivity contribution in [2.45, 2.75) is 64.1 Å². The molecule has 2 fully saturated rings. The molecule has 1 atom stereocenters. The number of hydrogen-bond donors (Lipinski definition) is 0. The molecule has 1 aromatic heterocycles. The monoisotopic (exact) mass is 440 g/mol. The summed E-state index contributed by atoms with van der Waals surface area (Å²) in [5.74, 6) is -0.133. The highest BCUT2D eigenvalue weighted by molar-refractivity contribution is 5.79. The minimum absolute atomic E-state index is 0.193. The first-order valence-corrected chi connectivity index (χ1v) is 11.7. The van der Waals surface area contributed by atoms with Crippen molar-refractivity contribution in [3.63, 3.8) is 0 Å². The Kier molecular flexibility index (Phi) is 7.48. The lowest BCUT2D eigenvalue weighted by atomic mass is 9.93. The molecule has 1 saturated carbocycles. The molecule has 0 spiro atoms. The number of nitrogens with zero attached hydrogens (tertiary/aromatic N) is 4. The van der Waals surface area contributed by atoms with Crippen molar-refractivity contribution >= 4 is 5.91 Å². The lowest BCUT2D eigenvalue weighted by Crippen LogP contribution is -2.51. The van der Waals surface area contributed by atoms with E-state index in [0.717, 1.165) is 12.8 Å². The number of benzene rings is 1. The van der Waals surface area contributed by atoms with Crippen LogP contribution in [0.3, 0.4) is 0 Å². The molecule has 2 aliphatic rings. The molecule has 0 bridgehead atoms. The van der Waals surface area contributed by atoms with Crippen molar-refractivity contribution in [2.75, 3.05) is 26.2 Å². The molecule has 0 radical (unpaired) electrons. The zero-order valence-electron chi connectivity index (χ0n) is 19.0. The van der Waals surface area contributed by atoms with Gasteiger partial charge in [-0.2, -0.15) is 0 Å². The number of morpholine rings is 1. The van der Waals surface area contributed by atoms with E-state index >= 15 is 0 Å². The first kappa shape index (κ1) is 22.8. The van der Waals surface area contributed by atoms with Gasteiger partial charge in [0.05, 0.1) is 36.9 Å². The Bertz CT molecular complexity index is 916. The summed E-state index contributed by atoms with van der Waals surface area (Å²) in [6, 6.07) is 7.11. The SMILES string of the molecule is CC(C)N(C(=O)CN1CCOC(c2cncc(-c3ccccc3F)n2)C1)C1CCCCC1. The zero-order chi connectivity index (χ0) is 22.5. The topological polar surface area (TPSA) is 58.6 Å². The summed E-state index contributed by atoms with van der Waals surface area (Å²) in [5.41, 5.74) is 1.57. The molecule has 0 N–H and O–H groups in total. The van der Waals surface area contributed by atoms with E-state index in [1.165, 1.54) is 25.3 Å². The number of rotatable bonds is 6. The fourth-order valence-corrected chi connectivity index (χ4v) is 4.91. The van der Waals surface area contributed by atoms with Gasteiger partial charge in [0.15, 0.2) is 0 Å². The third kappa shape index (κ3) is 5.33. The van der Waals surface area contributed by atoms with Crippen LogP contribution in [0.15, 0.2) is 36.7 Å². The molecule has 172 valence electrons. The number of amides is 1. The highest BCUT2D eigenvalue weighted by Crippen LogP contribution is 2.27. The maximum absolute atomic E-state index is 14.2. The van der Waals surface area contributed by atoms with E-state index in [0.29, 0.717) is 49.2 Å². The van der Waals surface area contributed by atoms with Gasteiger partial charge in [0.1, 0.15) is 11.9 Å². The van der Waals surface area contributed by atoms with Crippen LogP contribution in [0, 0.1) is 5.82 Å². The number of carbonyl (C=O) groups is 1. The van der Waals surface area contributed by atoms with Crippen LogP contribution in [0.4, 0.5) is 4.39 Å². The van der Waals surface area contributed by atoms with Gasteiger partial charge in [-0.15, -0.1) is 0 Å². The maximum Gasteiger partial charge on any atom is 0.237 e. The summed E-state index contributed by atoms with van der Waals surface area (Å²) in [7, 11) is 0. The number of carbonyl (C=O) groups excluding carboxylic acids is 1. The van der Waals surface area contributed by atoms with Gasteiger partial charge in [-0.3, -0.25) is 14.7 Å². The van der Waals surface area contributed by atoms with Crippen molar-refractivity contribution in [3.8, 4) is 11.3 Å². The van der Waals surface area contributed by atoms with E-state index < -0.39 is 0 Å².